The topological polar surface area (TPSA) is 72.0 Å². The first-order chi connectivity index (χ1) is 12.1. The van der Waals surface area contributed by atoms with Gasteiger partial charge in [-0.25, -0.2) is 17.5 Å². The first kappa shape index (κ1) is 17.2. The van der Waals surface area contributed by atoms with Crippen LogP contribution in [-0.2, 0) is 22.3 Å². The highest BCUT2D eigenvalue weighted by Crippen LogP contribution is 2.20. The Morgan fingerprint density at radius 2 is 1.64 bits per heavy atom. The van der Waals surface area contributed by atoms with Crippen molar-refractivity contribution in [1.29, 1.82) is 0 Å². The second-order valence-corrected chi connectivity index (χ2v) is 7.23. The van der Waals surface area contributed by atoms with E-state index in [-0.39, 0.29) is 12.1 Å². The molecule has 5 nitrogen and oxygen atoms in total. The van der Waals surface area contributed by atoms with Gasteiger partial charge in [-0.1, -0.05) is 24.3 Å². The maximum absolute atomic E-state index is 13.7. The van der Waals surface area contributed by atoms with Crippen LogP contribution >= 0.6 is 0 Å². The monoisotopic (exact) mass is 357 g/mol. The van der Waals surface area contributed by atoms with E-state index in [4.69, 9.17) is 0 Å². The number of sulfonamides is 1. The molecule has 0 atom stereocenters. The van der Waals surface area contributed by atoms with Gasteiger partial charge in [0, 0.05) is 36.3 Å². The summed E-state index contributed by atoms with van der Waals surface area (Å²) >= 11 is 0. The minimum atomic E-state index is -3.68. The number of halogens is 1. The van der Waals surface area contributed by atoms with Crippen LogP contribution in [0.25, 0.3) is 11.3 Å². The highest BCUT2D eigenvalue weighted by atomic mass is 32.2. The Balaban J connectivity index is 1.77. The Morgan fingerprint density at radius 3 is 2.40 bits per heavy atom. The highest BCUT2D eigenvalue weighted by Gasteiger charge is 2.15. The number of aromatic nitrogens is 2. The summed E-state index contributed by atoms with van der Waals surface area (Å²) in [5.74, 6) is -0.948. The zero-order chi connectivity index (χ0) is 17.7. The molecule has 0 amide bonds. The van der Waals surface area contributed by atoms with Crippen molar-refractivity contribution in [2.45, 2.75) is 12.3 Å². The molecule has 0 bridgehead atoms. The number of hydrogen-bond acceptors (Lipinski definition) is 4. The molecular formula is C18H16FN3O2S. The van der Waals surface area contributed by atoms with Crippen LogP contribution in [0, 0.1) is 5.82 Å². The maximum atomic E-state index is 13.7. The second kappa shape index (κ2) is 7.50. The summed E-state index contributed by atoms with van der Waals surface area (Å²) in [5, 5.41) is 0. The fourth-order valence-corrected chi connectivity index (χ4v) is 3.53. The van der Waals surface area contributed by atoms with Crippen molar-refractivity contribution in [2.75, 3.05) is 0 Å². The Morgan fingerprint density at radius 1 is 0.920 bits per heavy atom. The van der Waals surface area contributed by atoms with Gasteiger partial charge in [-0.05, 0) is 29.8 Å². The van der Waals surface area contributed by atoms with Crippen LogP contribution in [0.4, 0.5) is 4.39 Å². The van der Waals surface area contributed by atoms with Crippen molar-refractivity contribution in [3.8, 4) is 11.3 Å². The molecule has 2 heterocycles. The lowest BCUT2D eigenvalue weighted by Crippen LogP contribution is -2.25. The van der Waals surface area contributed by atoms with Crippen LogP contribution in [0.3, 0.4) is 0 Å². The molecule has 2 aromatic heterocycles. The molecule has 0 fully saturated rings. The molecule has 0 saturated heterocycles. The van der Waals surface area contributed by atoms with E-state index in [0.29, 0.717) is 5.69 Å². The summed E-state index contributed by atoms with van der Waals surface area (Å²) < 4.78 is 40.7. The zero-order valence-electron chi connectivity index (χ0n) is 13.3. The Labute approximate surface area is 145 Å². The minimum Gasteiger partial charge on any atom is -0.265 e. The Hall–Kier alpha value is -2.64. The number of nitrogens with zero attached hydrogens (tertiary/aromatic N) is 2. The molecule has 128 valence electrons. The molecule has 0 aliphatic carbocycles. The number of hydrogen-bond donors (Lipinski definition) is 1. The summed E-state index contributed by atoms with van der Waals surface area (Å²) in [6.07, 6.45) is 4.94. The predicted molar refractivity (Wildman–Crippen MR) is 93.3 cm³/mol. The van der Waals surface area contributed by atoms with Gasteiger partial charge in [-0.2, -0.15) is 0 Å². The van der Waals surface area contributed by atoms with Crippen LogP contribution in [0.15, 0.2) is 67.1 Å². The first-order valence-electron chi connectivity index (χ1n) is 7.60. The van der Waals surface area contributed by atoms with Crippen molar-refractivity contribution in [3.05, 3.63) is 84.1 Å². The van der Waals surface area contributed by atoms with Gasteiger partial charge >= 0.3 is 0 Å². The third-order valence-corrected chi connectivity index (χ3v) is 4.91. The Kier molecular flexibility index (Phi) is 5.16. The van der Waals surface area contributed by atoms with Crippen molar-refractivity contribution < 1.29 is 12.8 Å². The third-order valence-electron chi connectivity index (χ3n) is 3.63. The number of nitrogens with one attached hydrogen (secondary N) is 1. The molecule has 1 N–H and O–H groups in total. The molecule has 0 radical (unpaired) electrons. The normalized spacial score (nSPS) is 11.4. The highest BCUT2D eigenvalue weighted by molar-refractivity contribution is 7.88. The number of pyridine rings is 2. The third kappa shape index (κ3) is 4.46. The van der Waals surface area contributed by atoms with Crippen molar-refractivity contribution in [2.24, 2.45) is 0 Å². The zero-order valence-corrected chi connectivity index (χ0v) is 14.1. The van der Waals surface area contributed by atoms with Crippen LogP contribution in [0.1, 0.15) is 11.1 Å². The summed E-state index contributed by atoms with van der Waals surface area (Å²) in [6.45, 7) is 0.0717. The smallest absolute Gasteiger partial charge is 0.216 e. The molecule has 0 aliphatic heterocycles. The van der Waals surface area contributed by atoms with Gasteiger partial charge < -0.3 is 0 Å². The summed E-state index contributed by atoms with van der Waals surface area (Å²) in [7, 11) is -3.68. The average Bonchev–Trinajstić information content (AvgIpc) is 2.63. The molecule has 7 heteroatoms. The average molecular weight is 357 g/mol. The quantitative estimate of drug-likeness (QED) is 0.736. The van der Waals surface area contributed by atoms with Crippen LogP contribution in [0.2, 0.25) is 0 Å². The van der Waals surface area contributed by atoms with E-state index in [1.54, 1.807) is 48.9 Å². The van der Waals surface area contributed by atoms with Gasteiger partial charge in [-0.15, -0.1) is 0 Å². The summed E-state index contributed by atoms with van der Waals surface area (Å²) in [5.41, 5.74) is 2.39. The van der Waals surface area contributed by atoms with E-state index in [1.165, 1.54) is 18.2 Å². The molecule has 3 rings (SSSR count). The Bertz CT molecular complexity index is 963. The fraction of sp³-hybridized carbons (Fsp3) is 0.111. The van der Waals surface area contributed by atoms with E-state index >= 15 is 0 Å². The van der Waals surface area contributed by atoms with Gasteiger partial charge in [0.1, 0.15) is 5.82 Å². The first-order valence-corrected chi connectivity index (χ1v) is 9.25. The molecule has 1 aromatic carbocycles. The standard InChI is InChI=1S/C18H16FN3O2S/c19-17-6-2-1-4-16(17)13-25(23,24)22-12-15-5-3-9-21-18(15)14-7-10-20-11-8-14/h1-11,22H,12-13H2. The number of benzene rings is 1. The number of rotatable bonds is 6. The fourth-order valence-electron chi connectivity index (χ4n) is 2.41. The van der Waals surface area contributed by atoms with Crippen LogP contribution in [-0.4, -0.2) is 18.4 Å². The van der Waals surface area contributed by atoms with E-state index in [9.17, 15) is 12.8 Å². The summed E-state index contributed by atoms with van der Waals surface area (Å²) in [4.78, 5) is 8.29. The molecule has 0 unspecified atom stereocenters. The predicted octanol–water partition coefficient (Wildman–Crippen LogP) is 2.90. The molecular weight excluding hydrogens is 341 g/mol. The van der Waals surface area contributed by atoms with E-state index < -0.39 is 21.6 Å². The SMILES string of the molecule is O=S(=O)(Cc1ccccc1F)NCc1cccnc1-c1ccncc1. The van der Waals surface area contributed by atoms with Crippen molar-refractivity contribution in [3.63, 3.8) is 0 Å². The van der Waals surface area contributed by atoms with Gasteiger partial charge in [0.2, 0.25) is 10.0 Å². The minimum absolute atomic E-state index is 0.0717. The van der Waals surface area contributed by atoms with E-state index in [1.807, 2.05) is 0 Å². The van der Waals surface area contributed by atoms with Crippen LogP contribution < -0.4 is 4.72 Å². The largest absolute Gasteiger partial charge is 0.265 e. The van der Waals surface area contributed by atoms with Crippen LogP contribution in [0.5, 0.6) is 0 Å². The molecule has 3 aromatic rings. The molecule has 25 heavy (non-hydrogen) atoms. The van der Waals surface area contributed by atoms with Gasteiger partial charge in [0.15, 0.2) is 0 Å². The lowest BCUT2D eigenvalue weighted by Gasteiger charge is -2.11. The van der Waals surface area contributed by atoms with Gasteiger partial charge in [0.25, 0.3) is 0 Å². The van der Waals surface area contributed by atoms with E-state index in [2.05, 4.69) is 14.7 Å². The molecule has 0 aliphatic rings. The van der Waals surface area contributed by atoms with E-state index in [0.717, 1.165) is 11.1 Å². The van der Waals surface area contributed by atoms with Crippen molar-refractivity contribution >= 4 is 10.0 Å². The van der Waals surface area contributed by atoms with Gasteiger partial charge in [-0.3, -0.25) is 9.97 Å². The lowest BCUT2D eigenvalue weighted by molar-refractivity contribution is 0.574. The van der Waals surface area contributed by atoms with Crippen molar-refractivity contribution in [1.82, 2.24) is 14.7 Å². The maximum Gasteiger partial charge on any atom is 0.216 e. The van der Waals surface area contributed by atoms with Gasteiger partial charge in [0.05, 0.1) is 11.4 Å². The second-order valence-electron chi connectivity index (χ2n) is 5.42. The molecule has 0 saturated carbocycles. The lowest BCUT2D eigenvalue weighted by atomic mass is 10.1. The molecule has 0 spiro atoms. The summed E-state index contributed by atoms with van der Waals surface area (Å²) in [6, 6.07) is 13.0.